The van der Waals surface area contributed by atoms with Gasteiger partial charge >= 0.3 is 0 Å². The smallest absolute Gasteiger partial charge is 0.141 e. The normalized spacial score (nSPS) is 22.3. The van der Waals surface area contributed by atoms with E-state index in [-0.39, 0.29) is 0 Å². The Morgan fingerprint density at radius 2 is 2.06 bits per heavy atom. The van der Waals surface area contributed by atoms with Gasteiger partial charge in [-0.2, -0.15) is 0 Å². The molecule has 0 aliphatic carbocycles. The lowest BCUT2D eigenvalue weighted by atomic mass is 10.1. The predicted octanol–water partition coefficient (Wildman–Crippen LogP) is 2.61. The molecule has 1 fully saturated rings. The number of phenolic OH excluding ortho intramolecular Hbond substituents is 1. The van der Waals surface area contributed by atoms with Crippen LogP contribution in [-0.4, -0.2) is 30.8 Å². The number of aromatic hydroxyl groups is 1. The van der Waals surface area contributed by atoms with Crippen LogP contribution in [0.3, 0.4) is 0 Å². The summed E-state index contributed by atoms with van der Waals surface area (Å²) in [6, 6.07) is 4.42. The molecule has 0 saturated carbocycles. The van der Waals surface area contributed by atoms with Crippen molar-refractivity contribution < 1.29 is 5.11 Å². The molecule has 3 N–H and O–H groups in total. The third-order valence-electron chi connectivity index (χ3n) is 3.95. The highest BCUT2D eigenvalue weighted by Gasteiger charge is 2.21. The van der Waals surface area contributed by atoms with E-state index in [2.05, 4.69) is 28.5 Å². The maximum atomic E-state index is 10.1. The van der Waals surface area contributed by atoms with Gasteiger partial charge in [-0.25, -0.2) is 0 Å². The van der Waals surface area contributed by atoms with Crippen LogP contribution < -0.4 is 15.5 Å². The Balaban J connectivity index is 1.92. The summed E-state index contributed by atoms with van der Waals surface area (Å²) in [6.07, 6.45) is 3.55. The van der Waals surface area contributed by atoms with Crippen LogP contribution in [0.1, 0.15) is 26.2 Å². The van der Waals surface area contributed by atoms with E-state index in [4.69, 9.17) is 0 Å². The molecule has 1 aromatic rings. The number of hydrogen-bond acceptors (Lipinski definition) is 4. The lowest BCUT2D eigenvalue weighted by molar-refractivity contribution is 0.475. The van der Waals surface area contributed by atoms with Crippen LogP contribution in [0.2, 0.25) is 0 Å². The zero-order valence-corrected chi connectivity index (χ0v) is 10.9. The molecule has 0 amide bonds. The molecule has 98 valence electrons. The summed E-state index contributed by atoms with van der Waals surface area (Å²) in [5.74, 6) is 0.389. The van der Waals surface area contributed by atoms with Crippen molar-refractivity contribution in [1.29, 1.82) is 0 Å². The van der Waals surface area contributed by atoms with Gasteiger partial charge in [0, 0.05) is 31.7 Å². The topological polar surface area (TPSA) is 47.5 Å². The van der Waals surface area contributed by atoms with E-state index in [0.29, 0.717) is 11.8 Å². The van der Waals surface area contributed by atoms with Crippen molar-refractivity contribution in [2.75, 3.05) is 35.2 Å². The number of benzene rings is 1. The van der Waals surface area contributed by atoms with Crippen LogP contribution in [0, 0.1) is 0 Å². The fraction of sp³-hybridized carbons (Fsp3) is 0.571. The molecular weight excluding hydrogens is 226 g/mol. The Morgan fingerprint density at radius 3 is 2.78 bits per heavy atom. The van der Waals surface area contributed by atoms with Crippen molar-refractivity contribution in [1.82, 2.24) is 0 Å². The Kier molecular flexibility index (Phi) is 2.94. The fourth-order valence-corrected chi connectivity index (χ4v) is 2.80. The minimum atomic E-state index is 0.389. The first-order valence-corrected chi connectivity index (χ1v) is 6.90. The maximum absolute atomic E-state index is 10.1. The summed E-state index contributed by atoms with van der Waals surface area (Å²) in [6.45, 7) is 5.21. The SMILES string of the molecule is CCC1CNc2cc(O)c(N3CCCC3)cc2N1. The van der Waals surface area contributed by atoms with E-state index < -0.39 is 0 Å². The predicted molar refractivity (Wildman–Crippen MR) is 75.7 cm³/mol. The Bertz CT molecular complexity index is 441. The third-order valence-corrected chi connectivity index (χ3v) is 3.95. The van der Waals surface area contributed by atoms with Gasteiger partial charge in [-0.3, -0.25) is 0 Å². The average Bonchev–Trinajstić information content (AvgIpc) is 2.91. The molecule has 1 unspecified atom stereocenters. The van der Waals surface area contributed by atoms with Gasteiger partial charge in [-0.15, -0.1) is 0 Å². The number of nitrogens with zero attached hydrogens (tertiary/aromatic N) is 1. The lowest BCUT2D eigenvalue weighted by Crippen LogP contribution is -2.32. The van der Waals surface area contributed by atoms with Gasteiger partial charge in [0.1, 0.15) is 5.75 Å². The summed E-state index contributed by atoms with van der Waals surface area (Å²) in [5, 5.41) is 17.1. The quantitative estimate of drug-likeness (QED) is 0.703. The molecule has 18 heavy (non-hydrogen) atoms. The summed E-state index contributed by atoms with van der Waals surface area (Å²) in [7, 11) is 0. The van der Waals surface area contributed by atoms with E-state index in [1.54, 1.807) is 0 Å². The second-order valence-corrected chi connectivity index (χ2v) is 5.21. The minimum absolute atomic E-state index is 0.389. The molecule has 0 radical (unpaired) electrons. The molecular formula is C14H21N3O. The molecule has 2 heterocycles. The molecule has 4 heteroatoms. The van der Waals surface area contributed by atoms with Crippen molar-refractivity contribution >= 4 is 17.1 Å². The zero-order chi connectivity index (χ0) is 12.5. The molecule has 0 spiro atoms. The number of anilines is 3. The van der Waals surface area contributed by atoms with Crippen LogP contribution in [-0.2, 0) is 0 Å². The molecule has 3 rings (SSSR count). The molecule has 1 aromatic carbocycles. The van der Waals surface area contributed by atoms with E-state index in [0.717, 1.165) is 43.1 Å². The molecule has 1 saturated heterocycles. The highest BCUT2D eigenvalue weighted by atomic mass is 16.3. The summed E-state index contributed by atoms with van der Waals surface area (Å²) in [4.78, 5) is 2.27. The van der Waals surface area contributed by atoms with Crippen LogP contribution in [0.5, 0.6) is 5.75 Å². The first-order chi connectivity index (χ1) is 8.78. The molecule has 0 aromatic heterocycles. The van der Waals surface area contributed by atoms with Crippen molar-refractivity contribution in [2.45, 2.75) is 32.2 Å². The molecule has 0 bridgehead atoms. The number of hydrogen-bond donors (Lipinski definition) is 3. The van der Waals surface area contributed by atoms with Gasteiger partial charge in [-0.1, -0.05) is 6.92 Å². The standard InChI is InChI=1S/C14H21N3O/c1-2-10-9-15-11-8-14(18)13(7-12(11)16-10)17-5-3-4-6-17/h7-8,10,15-16,18H,2-6,9H2,1H3. The van der Waals surface area contributed by atoms with E-state index in [1.807, 2.05) is 6.07 Å². The largest absolute Gasteiger partial charge is 0.506 e. The second-order valence-electron chi connectivity index (χ2n) is 5.21. The Hall–Kier alpha value is -1.58. The summed E-state index contributed by atoms with van der Waals surface area (Å²) in [5.41, 5.74) is 3.10. The Morgan fingerprint density at radius 1 is 1.28 bits per heavy atom. The van der Waals surface area contributed by atoms with Crippen LogP contribution in [0.4, 0.5) is 17.1 Å². The van der Waals surface area contributed by atoms with E-state index >= 15 is 0 Å². The monoisotopic (exact) mass is 247 g/mol. The van der Waals surface area contributed by atoms with Gasteiger partial charge in [0.05, 0.1) is 17.1 Å². The minimum Gasteiger partial charge on any atom is -0.506 e. The van der Waals surface area contributed by atoms with Crippen molar-refractivity contribution in [3.05, 3.63) is 12.1 Å². The highest BCUT2D eigenvalue weighted by Crippen LogP contribution is 2.39. The zero-order valence-electron chi connectivity index (χ0n) is 10.9. The van der Waals surface area contributed by atoms with Gasteiger partial charge in [0.15, 0.2) is 0 Å². The summed E-state index contributed by atoms with van der Waals surface area (Å²) >= 11 is 0. The van der Waals surface area contributed by atoms with Crippen LogP contribution >= 0.6 is 0 Å². The van der Waals surface area contributed by atoms with Gasteiger partial charge < -0.3 is 20.6 Å². The van der Waals surface area contributed by atoms with Crippen LogP contribution in [0.25, 0.3) is 0 Å². The molecule has 2 aliphatic heterocycles. The molecule has 4 nitrogen and oxygen atoms in total. The van der Waals surface area contributed by atoms with Gasteiger partial charge in [0.25, 0.3) is 0 Å². The third kappa shape index (κ3) is 1.96. The highest BCUT2D eigenvalue weighted by molar-refractivity contribution is 5.80. The van der Waals surface area contributed by atoms with Crippen molar-refractivity contribution in [3.63, 3.8) is 0 Å². The average molecular weight is 247 g/mol. The summed E-state index contributed by atoms with van der Waals surface area (Å²) < 4.78 is 0. The number of fused-ring (bicyclic) bond motifs is 1. The van der Waals surface area contributed by atoms with E-state index in [1.165, 1.54) is 12.8 Å². The van der Waals surface area contributed by atoms with Gasteiger partial charge in [-0.05, 0) is 25.3 Å². The first-order valence-electron chi connectivity index (χ1n) is 6.90. The lowest BCUT2D eigenvalue weighted by Gasteiger charge is -2.29. The molecule has 2 aliphatic rings. The van der Waals surface area contributed by atoms with Gasteiger partial charge in [0.2, 0.25) is 0 Å². The maximum Gasteiger partial charge on any atom is 0.141 e. The van der Waals surface area contributed by atoms with Crippen molar-refractivity contribution in [3.8, 4) is 5.75 Å². The number of nitrogens with one attached hydrogen (secondary N) is 2. The number of phenols is 1. The molecule has 1 atom stereocenters. The van der Waals surface area contributed by atoms with E-state index in [9.17, 15) is 5.11 Å². The fourth-order valence-electron chi connectivity index (χ4n) is 2.80. The second kappa shape index (κ2) is 4.59. The van der Waals surface area contributed by atoms with Crippen molar-refractivity contribution in [2.24, 2.45) is 0 Å². The first kappa shape index (κ1) is 11.5. The Labute approximate surface area is 108 Å². The number of rotatable bonds is 2. The van der Waals surface area contributed by atoms with Crippen LogP contribution in [0.15, 0.2) is 12.1 Å².